The molecule has 114 valence electrons. The van der Waals surface area contributed by atoms with E-state index in [0.717, 1.165) is 19.4 Å². The van der Waals surface area contributed by atoms with Gasteiger partial charge in [-0.25, -0.2) is 0 Å². The number of nitrogens with zero attached hydrogens (tertiary/aromatic N) is 2. The normalized spacial score (nSPS) is 20.3. The molecule has 0 bridgehead atoms. The van der Waals surface area contributed by atoms with Crippen molar-refractivity contribution in [3.8, 4) is 0 Å². The number of amides is 1. The van der Waals surface area contributed by atoms with E-state index in [0.29, 0.717) is 15.8 Å². The molecule has 0 unspecified atom stereocenters. The Labute approximate surface area is 140 Å². The molecule has 1 aromatic carbocycles. The van der Waals surface area contributed by atoms with Gasteiger partial charge in [0.2, 0.25) is 0 Å². The molecule has 1 fully saturated rings. The van der Waals surface area contributed by atoms with Gasteiger partial charge in [-0.3, -0.25) is 9.69 Å². The van der Waals surface area contributed by atoms with E-state index in [1.54, 1.807) is 4.90 Å². The number of hydrogen-bond donors (Lipinski definition) is 0. The van der Waals surface area contributed by atoms with Crippen LogP contribution < -0.4 is 4.90 Å². The van der Waals surface area contributed by atoms with Crippen molar-refractivity contribution < 1.29 is 4.79 Å². The first-order valence-electron chi connectivity index (χ1n) is 7.47. The summed E-state index contributed by atoms with van der Waals surface area (Å²) in [5.41, 5.74) is 2.65. The first kappa shape index (κ1) is 15.3. The number of rotatable bonds is 3. The maximum atomic E-state index is 12.1. The quantitative estimate of drug-likeness (QED) is 0.622. The Hall–Kier alpha value is -1.59. The summed E-state index contributed by atoms with van der Waals surface area (Å²) in [5.74, 6) is 0.0150. The topological polar surface area (TPSA) is 23.6 Å². The van der Waals surface area contributed by atoms with Crippen molar-refractivity contribution in [3.05, 3.63) is 53.1 Å². The Bertz CT molecular complexity index is 666. The van der Waals surface area contributed by atoms with E-state index >= 15 is 0 Å². The largest absolute Gasteiger partial charge is 0.348 e. The molecule has 1 saturated heterocycles. The van der Waals surface area contributed by atoms with Gasteiger partial charge in [-0.05, 0) is 43.5 Å². The lowest BCUT2D eigenvalue weighted by atomic mass is 10.0. The van der Waals surface area contributed by atoms with E-state index in [4.69, 9.17) is 12.2 Å². The third-order valence-electron chi connectivity index (χ3n) is 3.85. The molecule has 3 nitrogen and oxygen atoms in total. The van der Waals surface area contributed by atoms with Crippen LogP contribution in [0.3, 0.4) is 0 Å². The van der Waals surface area contributed by atoms with Crippen molar-refractivity contribution in [3.63, 3.8) is 0 Å². The summed E-state index contributed by atoms with van der Waals surface area (Å²) in [5, 5.41) is 0. The van der Waals surface area contributed by atoms with Crippen molar-refractivity contribution in [1.82, 2.24) is 4.90 Å². The van der Waals surface area contributed by atoms with Crippen molar-refractivity contribution in [2.24, 2.45) is 0 Å². The van der Waals surface area contributed by atoms with Gasteiger partial charge in [-0.2, -0.15) is 0 Å². The zero-order valence-corrected chi connectivity index (χ0v) is 14.1. The highest BCUT2D eigenvalue weighted by atomic mass is 32.2. The van der Waals surface area contributed by atoms with E-state index in [1.165, 1.54) is 23.0 Å². The highest BCUT2D eigenvalue weighted by Gasteiger charge is 2.30. The zero-order chi connectivity index (χ0) is 15.5. The summed E-state index contributed by atoms with van der Waals surface area (Å²) >= 11 is 6.59. The van der Waals surface area contributed by atoms with Crippen LogP contribution in [0.1, 0.15) is 18.9 Å². The molecule has 2 aliphatic rings. The van der Waals surface area contributed by atoms with Crippen LogP contribution in [-0.4, -0.2) is 28.2 Å². The lowest BCUT2D eigenvalue weighted by Crippen LogP contribution is -2.27. The molecule has 0 aliphatic carbocycles. The number of carbonyl (C=O) groups is 1. The molecular weight excluding hydrogens is 312 g/mol. The van der Waals surface area contributed by atoms with Gasteiger partial charge in [0.15, 0.2) is 0 Å². The molecule has 3 rings (SSSR count). The molecular formula is C17H18N2OS2. The van der Waals surface area contributed by atoms with Gasteiger partial charge in [0.25, 0.3) is 5.91 Å². The molecule has 0 saturated carbocycles. The fourth-order valence-corrected chi connectivity index (χ4v) is 4.07. The Morgan fingerprint density at radius 1 is 1.36 bits per heavy atom. The van der Waals surface area contributed by atoms with Gasteiger partial charge in [0, 0.05) is 25.0 Å². The summed E-state index contributed by atoms with van der Waals surface area (Å²) in [6.07, 6.45) is 8.15. The Kier molecular flexibility index (Phi) is 4.64. The van der Waals surface area contributed by atoms with Crippen LogP contribution in [0.15, 0.2) is 47.5 Å². The first-order valence-corrected chi connectivity index (χ1v) is 8.70. The molecule has 2 aliphatic heterocycles. The second-order valence-electron chi connectivity index (χ2n) is 5.22. The van der Waals surface area contributed by atoms with Crippen LogP contribution in [0.5, 0.6) is 0 Å². The molecule has 0 N–H and O–H groups in total. The molecule has 5 heteroatoms. The molecule has 0 aromatic heterocycles. The van der Waals surface area contributed by atoms with Gasteiger partial charge < -0.3 is 4.90 Å². The van der Waals surface area contributed by atoms with Crippen molar-refractivity contribution in [1.29, 1.82) is 0 Å². The number of para-hydroxylation sites is 1. The number of anilines is 1. The Morgan fingerprint density at radius 3 is 2.95 bits per heavy atom. The summed E-state index contributed by atoms with van der Waals surface area (Å²) in [6, 6.07) is 8.48. The average Bonchev–Trinajstić information content (AvgIpc) is 2.81. The molecule has 1 amide bonds. The highest BCUT2D eigenvalue weighted by molar-refractivity contribution is 8.26. The minimum Gasteiger partial charge on any atom is -0.348 e. The van der Waals surface area contributed by atoms with E-state index in [2.05, 4.69) is 35.4 Å². The van der Waals surface area contributed by atoms with E-state index in [-0.39, 0.29) is 5.91 Å². The summed E-state index contributed by atoms with van der Waals surface area (Å²) in [7, 11) is 0. The van der Waals surface area contributed by atoms with Crippen LogP contribution in [0.2, 0.25) is 0 Å². The predicted octanol–water partition coefficient (Wildman–Crippen LogP) is 3.72. The maximum Gasteiger partial charge on any atom is 0.266 e. The number of aryl methyl sites for hydroxylation is 1. The van der Waals surface area contributed by atoms with Crippen molar-refractivity contribution in [2.75, 3.05) is 18.0 Å². The van der Waals surface area contributed by atoms with Crippen LogP contribution in [-0.2, 0) is 11.2 Å². The number of thioether (sulfide) groups is 1. The summed E-state index contributed by atoms with van der Waals surface area (Å²) in [6.45, 7) is 3.58. The number of thiocarbonyl (C=S) groups is 1. The standard InChI is InChI=1S/C17H18N2OS2/c1-2-19-16(20)15(22-17(19)21)10-6-12-18-11-5-8-13-7-3-4-9-14(13)18/h3-4,6-7,9-10,12H,2,5,8,11H2,1H3. The number of fused-ring (bicyclic) bond motifs is 1. The first-order chi connectivity index (χ1) is 10.7. The van der Waals surface area contributed by atoms with Crippen molar-refractivity contribution >= 4 is 39.9 Å². The number of carbonyl (C=O) groups excluding carboxylic acids is 1. The molecule has 22 heavy (non-hydrogen) atoms. The third-order valence-corrected chi connectivity index (χ3v) is 5.25. The fraction of sp³-hybridized carbons (Fsp3) is 0.294. The van der Waals surface area contributed by atoms with E-state index in [1.807, 2.05) is 19.1 Å². The molecule has 0 atom stereocenters. The monoisotopic (exact) mass is 330 g/mol. The number of benzene rings is 1. The Morgan fingerprint density at radius 2 is 2.18 bits per heavy atom. The van der Waals surface area contributed by atoms with Gasteiger partial charge in [-0.1, -0.05) is 42.2 Å². The predicted molar refractivity (Wildman–Crippen MR) is 96.9 cm³/mol. The van der Waals surface area contributed by atoms with Gasteiger partial charge >= 0.3 is 0 Å². The zero-order valence-electron chi connectivity index (χ0n) is 12.5. The van der Waals surface area contributed by atoms with Crippen LogP contribution >= 0.6 is 24.0 Å². The summed E-state index contributed by atoms with van der Waals surface area (Å²) in [4.78, 5) is 16.7. The minimum absolute atomic E-state index is 0.0150. The number of hydrogen-bond acceptors (Lipinski definition) is 4. The average molecular weight is 330 g/mol. The second kappa shape index (κ2) is 6.67. The van der Waals surface area contributed by atoms with Gasteiger partial charge in [0.1, 0.15) is 4.32 Å². The second-order valence-corrected chi connectivity index (χ2v) is 6.89. The number of allylic oxidation sites excluding steroid dienone is 2. The van der Waals surface area contributed by atoms with Crippen LogP contribution in [0.4, 0.5) is 5.69 Å². The Balaban J connectivity index is 1.75. The smallest absolute Gasteiger partial charge is 0.266 e. The van der Waals surface area contributed by atoms with E-state index < -0.39 is 0 Å². The van der Waals surface area contributed by atoms with Crippen LogP contribution in [0, 0.1) is 0 Å². The SMILES string of the molecule is CCN1C(=O)C(=CC=CN2CCCc3ccccc32)SC1=S. The van der Waals surface area contributed by atoms with E-state index in [9.17, 15) is 4.79 Å². The summed E-state index contributed by atoms with van der Waals surface area (Å²) < 4.78 is 0.649. The van der Waals surface area contributed by atoms with Crippen LogP contribution in [0.25, 0.3) is 0 Å². The van der Waals surface area contributed by atoms with Gasteiger partial charge in [0.05, 0.1) is 4.91 Å². The molecule has 0 spiro atoms. The molecule has 1 aromatic rings. The van der Waals surface area contributed by atoms with Gasteiger partial charge in [-0.15, -0.1) is 0 Å². The lowest BCUT2D eigenvalue weighted by molar-refractivity contribution is -0.122. The highest BCUT2D eigenvalue weighted by Crippen LogP contribution is 2.31. The minimum atomic E-state index is 0.0150. The van der Waals surface area contributed by atoms with Crippen molar-refractivity contribution in [2.45, 2.75) is 19.8 Å². The molecule has 0 radical (unpaired) electrons. The molecule has 2 heterocycles. The number of likely N-dealkylation sites (N-methyl/N-ethyl adjacent to an activating group) is 1. The third kappa shape index (κ3) is 2.96. The maximum absolute atomic E-state index is 12.1. The lowest BCUT2D eigenvalue weighted by Gasteiger charge is -2.27. The fourth-order valence-electron chi connectivity index (χ4n) is 2.74.